The second kappa shape index (κ2) is 6.50. The molecule has 0 fully saturated rings. The van der Waals surface area contributed by atoms with Crippen molar-refractivity contribution >= 4 is 6.92 Å². The van der Waals surface area contributed by atoms with E-state index in [1.165, 1.54) is 6.42 Å². The van der Waals surface area contributed by atoms with Gasteiger partial charge in [-0.2, -0.15) is 0 Å². The summed E-state index contributed by atoms with van der Waals surface area (Å²) in [5.41, 5.74) is 0. The maximum absolute atomic E-state index is 5.66. The number of hydrogen-bond acceptors (Lipinski definition) is 1. The van der Waals surface area contributed by atoms with Crippen molar-refractivity contribution in [3.8, 4) is 0 Å². The van der Waals surface area contributed by atoms with Crippen LogP contribution >= 0.6 is 0 Å². The van der Waals surface area contributed by atoms with Gasteiger partial charge in [-0.15, -0.1) is 0 Å². The van der Waals surface area contributed by atoms with Gasteiger partial charge in [0, 0.05) is 7.11 Å². The van der Waals surface area contributed by atoms with Crippen molar-refractivity contribution in [1.29, 1.82) is 0 Å². The Hall–Kier alpha value is 0.0249. The van der Waals surface area contributed by atoms with Crippen LogP contribution in [-0.4, -0.2) is 14.0 Å². The summed E-state index contributed by atoms with van der Waals surface area (Å²) in [7, 11) is 1.85. The highest BCUT2D eigenvalue weighted by molar-refractivity contribution is 6.55. The monoisotopic (exact) mass is 198 g/mol. The highest BCUT2D eigenvalue weighted by Gasteiger charge is 2.34. The summed E-state index contributed by atoms with van der Waals surface area (Å²) >= 11 is 0. The van der Waals surface area contributed by atoms with Crippen LogP contribution in [-0.2, 0) is 4.65 Å². The molecule has 0 saturated heterocycles. The van der Waals surface area contributed by atoms with E-state index in [-0.39, 0.29) is 0 Å². The Labute approximate surface area is 90.7 Å². The van der Waals surface area contributed by atoms with E-state index in [9.17, 15) is 0 Å². The highest BCUT2D eigenvalue weighted by atomic mass is 16.4. The van der Waals surface area contributed by atoms with E-state index in [1.807, 2.05) is 7.11 Å². The smallest absolute Gasteiger partial charge is 0.298 e. The molecule has 0 rings (SSSR count). The Balaban J connectivity index is 4.60. The molecule has 2 heteroatoms. The summed E-state index contributed by atoms with van der Waals surface area (Å²) in [6.45, 7) is 14.2. The zero-order valence-electron chi connectivity index (χ0n) is 11.0. The summed E-state index contributed by atoms with van der Waals surface area (Å²) in [5, 5.41) is 0. The summed E-state index contributed by atoms with van der Waals surface area (Å²) in [5.74, 6) is 2.76. The van der Waals surface area contributed by atoms with Gasteiger partial charge in [0.2, 0.25) is 0 Å². The summed E-state index contributed by atoms with van der Waals surface area (Å²) < 4.78 is 5.66. The first-order valence-corrected chi connectivity index (χ1v) is 5.98. The van der Waals surface area contributed by atoms with Gasteiger partial charge in [0.15, 0.2) is 0 Å². The predicted octanol–water partition coefficient (Wildman–Crippen LogP) is 4.11. The molecule has 2 atom stereocenters. The van der Waals surface area contributed by atoms with Crippen LogP contribution in [0.25, 0.3) is 0 Å². The second-order valence-electron chi connectivity index (χ2n) is 5.15. The molecule has 1 nitrogen and oxygen atoms in total. The minimum atomic E-state index is 0.407. The fourth-order valence-corrected chi connectivity index (χ4v) is 2.51. The Morgan fingerprint density at radius 3 is 1.79 bits per heavy atom. The SMILES string of the molecule is CCC(C)C(B(OC)C(C)C)C(C)C. The lowest BCUT2D eigenvalue weighted by atomic mass is 9.42. The zero-order valence-corrected chi connectivity index (χ0v) is 11.0. The maximum Gasteiger partial charge on any atom is 0.298 e. The zero-order chi connectivity index (χ0) is 11.3. The van der Waals surface area contributed by atoms with Gasteiger partial charge in [0.05, 0.1) is 0 Å². The van der Waals surface area contributed by atoms with Crippen LogP contribution < -0.4 is 0 Å². The lowest BCUT2D eigenvalue weighted by molar-refractivity contribution is 0.334. The van der Waals surface area contributed by atoms with Gasteiger partial charge >= 0.3 is 0 Å². The molecule has 0 N–H and O–H groups in total. The molecule has 2 unspecified atom stereocenters. The molecule has 84 valence electrons. The first-order chi connectivity index (χ1) is 6.45. The molecule has 0 saturated carbocycles. The molecule has 14 heavy (non-hydrogen) atoms. The highest BCUT2D eigenvalue weighted by Crippen LogP contribution is 2.36. The molecule has 0 aliphatic rings. The van der Waals surface area contributed by atoms with Gasteiger partial charge in [-0.1, -0.05) is 48.0 Å². The third kappa shape index (κ3) is 3.64. The topological polar surface area (TPSA) is 9.23 Å². The minimum Gasteiger partial charge on any atom is -0.438 e. The average molecular weight is 198 g/mol. The van der Waals surface area contributed by atoms with Crippen molar-refractivity contribution in [2.24, 2.45) is 11.8 Å². The molecule has 0 heterocycles. The molecular weight excluding hydrogens is 171 g/mol. The van der Waals surface area contributed by atoms with Crippen LogP contribution in [0.4, 0.5) is 0 Å². The van der Waals surface area contributed by atoms with E-state index >= 15 is 0 Å². The number of hydrogen-bond donors (Lipinski definition) is 0. The Morgan fingerprint density at radius 2 is 1.57 bits per heavy atom. The normalized spacial score (nSPS) is 16.1. The molecular formula is C12H27BO. The van der Waals surface area contributed by atoms with Gasteiger partial charge < -0.3 is 4.65 Å². The van der Waals surface area contributed by atoms with Crippen LogP contribution in [0.2, 0.25) is 11.6 Å². The van der Waals surface area contributed by atoms with E-state index in [4.69, 9.17) is 4.65 Å². The molecule has 0 aromatic rings. The third-order valence-corrected chi connectivity index (χ3v) is 3.38. The predicted molar refractivity (Wildman–Crippen MR) is 65.9 cm³/mol. The van der Waals surface area contributed by atoms with E-state index < -0.39 is 0 Å². The van der Waals surface area contributed by atoms with Crippen LogP contribution in [0, 0.1) is 11.8 Å². The van der Waals surface area contributed by atoms with Crippen molar-refractivity contribution < 1.29 is 4.65 Å². The van der Waals surface area contributed by atoms with Crippen LogP contribution in [0.15, 0.2) is 0 Å². The molecule has 0 aromatic heterocycles. The first-order valence-electron chi connectivity index (χ1n) is 5.98. The number of rotatable bonds is 6. The Kier molecular flexibility index (Phi) is 6.51. The minimum absolute atomic E-state index is 0.407. The second-order valence-corrected chi connectivity index (χ2v) is 5.15. The quantitative estimate of drug-likeness (QED) is 0.583. The molecule has 0 bridgehead atoms. The van der Waals surface area contributed by atoms with E-state index in [0.717, 1.165) is 5.92 Å². The Morgan fingerprint density at radius 1 is 1.07 bits per heavy atom. The summed E-state index contributed by atoms with van der Waals surface area (Å²) in [4.78, 5) is 0. The molecule has 0 amide bonds. The third-order valence-electron chi connectivity index (χ3n) is 3.38. The van der Waals surface area contributed by atoms with E-state index in [1.54, 1.807) is 0 Å². The van der Waals surface area contributed by atoms with Gasteiger partial charge in [0.25, 0.3) is 6.92 Å². The summed E-state index contributed by atoms with van der Waals surface area (Å²) in [6.07, 6.45) is 1.25. The van der Waals surface area contributed by atoms with Crippen LogP contribution in [0.5, 0.6) is 0 Å². The Bertz CT molecular complexity index is 145. The lowest BCUT2D eigenvalue weighted by Crippen LogP contribution is -2.34. The maximum atomic E-state index is 5.66. The largest absolute Gasteiger partial charge is 0.438 e. The van der Waals surface area contributed by atoms with Crippen LogP contribution in [0.3, 0.4) is 0 Å². The van der Waals surface area contributed by atoms with E-state index in [2.05, 4.69) is 41.5 Å². The molecule has 0 aromatic carbocycles. The van der Waals surface area contributed by atoms with Crippen molar-refractivity contribution in [3.05, 3.63) is 0 Å². The van der Waals surface area contributed by atoms with Crippen molar-refractivity contribution in [3.63, 3.8) is 0 Å². The summed E-state index contributed by atoms with van der Waals surface area (Å²) in [6, 6.07) is 0. The average Bonchev–Trinajstić information content (AvgIpc) is 2.11. The standard InChI is InChI=1S/C12H27BO/c1-8-11(6)12(9(2)3)13(14-7)10(4)5/h9-12H,8H2,1-7H3. The fraction of sp³-hybridized carbons (Fsp3) is 1.00. The molecule has 0 spiro atoms. The molecule has 0 radical (unpaired) electrons. The van der Waals surface area contributed by atoms with Gasteiger partial charge in [-0.3, -0.25) is 0 Å². The molecule has 0 aliphatic carbocycles. The lowest BCUT2D eigenvalue weighted by Gasteiger charge is -2.33. The van der Waals surface area contributed by atoms with Crippen molar-refractivity contribution in [2.75, 3.05) is 7.11 Å². The van der Waals surface area contributed by atoms with E-state index in [0.29, 0.717) is 24.5 Å². The van der Waals surface area contributed by atoms with Crippen molar-refractivity contribution in [2.45, 2.75) is 59.6 Å². The molecule has 0 aliphatic heterocycles. The van der Waals surface area contributed by atoms with Crippen LogP contribution in [0.1, 0.15) is 48.0 Å². The van der Waals surface area contributed by atoms with Crippen molar-refractivity contribution in [1.82, 2.24) is 0 Å². The van der Waals surface area contributed by atoms with Gasteiger partial charge in [-0.05, 0) is 23.5 Å². The van der Waals surface area contributed by atoms with Gasteiger partial charge in [0.1, 0.15) is 0 Å². The fourth-order valence-electron chi connectivity index (χ4n) is 2.51. The van der Waals surface area contributed by atoms with Gasteiger partial charge in [-0.25, -0.2) is 0 Å². The first kappa shape index (κ1) is 14.0.